The quantitative estimate of drug-likeness (QED) is 0.445. The Kier molecular flexibility index (Phi) is 7.18. The Labute approximate surface area is 199 Å². The van der Waals surface area contributed by atoms with Gasteiger partial charge in [-0.25, -0.2) is 4.98 Å². The summed E-state index contributed by atoms with van der Waals surface area (Å²) in [7, 11) is 0. The number of nitrogens with one attached hydrogen (secondary N) is 1. The van der Waals surface area contributed by atoms with E-state index in [0.29, 0.717) is 29.5 Å². The molecule has 1 aromatic heterocycles. The predicted molar refractivity (Wildman–Crippen MR) is 134 cm³/mol. The van der Waals surface area contributed by atoms with Gasteiger partial charge in [0.25, 0.3) is 5.56 Å². The van der Waals surface area contributed by atoms with Gasteiger partial charge in [-0.15, -0.1) is 0 Å². The zero-order chi connectivity index (χ0) is 23.4. The van der Waals surface area contributed by atoms with Crippen molar-refractivity contribution in [1.82, 2.24) is 14.9 Å². The van der Waals surface area contributed by atoms with Crippen LogP contribution in [0, 0.1) is 20.8 Å². The molecule has 2 heterocycles. The fraction of sp³-hybridized carbons (Fsp3) is 0.346. The fourth-order valence-electron chi connectivity index (χ4n) is 4.11. The molecule has 6 nitrogen and oxygen atoms in total. The van der Waals surface area contributed by atoms with Crippen LogP contribution in [0.25, 0.3) is 0 Å². The summed E-state index contributed by atoms with van der Waals surface area (Å²) >= 11 is 1.49. The monoisotopic (exact) mass is 462 g/mol. The summed E-state index contributed by atoms with van der Waals surface area (Å²) < 4.78 is 0. The molecule has 2 aromatic carbocycles. The van der Waals surface area contributed by atoms with Gasteiger partial charge in [-0.1, -0.05) is 54.2 Å². The lowest BCUT2D eigenvalue weighted by Crippen LogP contribution is -2.49. The SMILES string of the molecule is Cc1ccc(C)c(N2CCN(C(=O)Cc3c(C)nc(SCc4ccccc4)[nH]c3=O)CC2)c1. The molecule has 1 N–H and O–H groups in total. The van der Waals surface area contributed by atoms with Crippen LogP contribution in [-0.4, -0.2) is 47.0 Å². The van der Waals surface area contributed by atoms with Crippen molar-refractivity contribution >= 4 is 23.4 Å². The van der Waals surface area contributed by atoms with Crippen LogP contribution >= 0.6 is 11.8 Å². The lowest BCUT2D eigenvalue weighted by atomic mass is 10.1. The van der Waals surface area contributed by atoms with Gasteiger partial charge in [0, 0.05) is 48.9 Å². The maximum atomic E-state index is 13.0. The second-order valence-electron chi connectivity index (χ2n) is 8.54. The molecule has 0 spiro atoms. The van der Waals surface area contributed by atoms with Gasteiger partial charge in [-0.05, 0) is 43.5 Å². The van der Waals surface area contributed by atoms with Crippen LogP contribution in [0.3, 0.4) is 0 Å². The molecule has 1 amide bonds. The molecule has 4 rings (SSSR count). The van der Waals surface area contributed by atoms with Crippen LogP contribution in [0.2, 0.25) is 0 Å². The topological polar surface area (TPSA) is 69.3 Å². The Morgan fingerprint density at radius 1 is 1.03 bits per heavy atom. The molecule has 1 aliphatic heterocycles. The molecule has 0 atom stereocenters. The Morgan fingerprint density at radius 3 is 2.45 bits per heavy atom. The van der Waals surface area contributed by atoms with Crippen LogP contribution in [0.4, 0.5) is 5.69 Å². The van der Waals surface area contributed by atoms with E-state index in [1.54, 1.807) is 0 Å². The summed E-state index contributed by atoms with van der Waals surface area (Å²) in [5.41, 5.74) is 5.75. The van der Waals surface area contributed by atoms with Crippen LogP contribution in [0.5, 0.6) is 0 Å². The number of rotatable bonds is 6. The minimum Gasteiger partial charge on any atom is -0.368 e. The molecule has 172 valence electrons. The zero-order valence-corrected chi connectivity index (χ0v) is 20.2. The van der Waals surface area contributed by atoms with Crippen molar-refractivity contribution in [3.63, 3.8) is 0 Å². The normalized spacial score (nSPS) is 13.9. The summed E-state index contributed by atoms with van der Waals surface area (Å²) in [5, 5.41) is 0.583. The zero-order valence-electron chi connectivity index (χ0n) is 19.4. The first kappa shape index (κ1) is 23.1. The summed E-state index contributed by atoms with van der Waals surface area (Å²) in [5.74, 6) is 0.710. The highest BCUT2D eigenvalue weighted by molar-refractivity contribution is 7.98. The summed E-state index contributed by atoms with van der Waals surface area (Å²) in [6.07, 6.45) is 0.0846. The van der Waals surface area contributed by atoms with Gasteiger partial charge in [-0.3, -0.25) is 9.59 Å². The second kappa shape index (κ2) is 10.3. The first-order chi connectivity index (χ1) is 15.9. The number of carbonyl (C=O) groups excluding carboxylic acids is 1. The lowest BCUT2D eigenvalue weighted by molar-refractivity contribution is -0.130. The molecule has 33 heavy (non-hydrogen) atoms. The van der Waals surface area contributed by atoms with Crippen molar-refractivity contribution in [3.8, 4) is 0 Å². The number of thioether (sulfide) groups is 1. The highest BCUT2D eigenvalue weighted by Gasteiger charge is 2.24. The maximum absolute atomic E-state index is 13.0. The number of hydrogen-bond donors (Lipinski definition) is 1. The van der Waals surface area contributed by atoms with E-state index in [-0.39, 0.29) is 17.9 Å². The molecular formula is C26H30N4O2S. The molecule has 7 heteroatoms. The number of H-pyrrole nitrogens is 1. The Balaban J connectivity index is 1.36. The van der Waals surface area contributed by atoms with Crippen LogP contribution in [0.15, 0.2) is 58.5 Å². The molecule has 0 saturated carbocycles. The predicted octanol–water partition coefficient (Wildman–Crippen LogP) is 3.88. The Hall–Kier alpha value is -3.06. The van der Waals surface area contributed by atoms with Gasteiger partial charge in [-0.2, -0.15) is 0 Å². The van der Waals surface area contributed by atoms with Gasteiger partial charge in [0.2, 0.25) is 5.91 Å². The third-order valence-corrected chi connectivity index (χ3v) is 7.03. The fourth-order valence-corrected chi connectivity index (χ4v) is 4.97. The number of anilines is 1. The summed E-state index contributed by atoms with van der Waals surface area (Å²) in [6, 6.07) is 16.5. The third-order valence-electron chi connectivity index (χ3n) is 6.08. The molecule has 1 fully saturated rings. The molecule has 3 aromatic rings. The van der Waals surface area contributed by atoms with Crippen molar-refractivity contribution < 1.29 is 4.79 Å². The number of benzene rings is 2. The number of carbonyl (C=O) groups is 1. The smallest absolute Gasteiger partial charge is 0.255 e. The van der Waals surface area contributed by atoms with Crippen molar-refractivity contribution in [2.75, 3.05) is 31.1 Å². The van der Waals surface area contributed by atoms with Crippen LogP contribution in [0.1, 0.15) is 27.9 Å². The molecule has 0 radical (unpaired) electrons. The maximum Gasteiger partial charge on any atom is 0.255 e. The summed E-state index contributed by atoms with van der Waals surface area (Å²) in [6.45, 7) is 8.92. The number of aromatic nitrogens is 2. The van der Waals surface area contributed by atoms with E-state index in [2.05, 4.69) is 46.9 Å². The summed E-state index contributed by atoms with van der Waals surface area (Å²) in [4.78, 5) is 37.3. The van der Waals surface area contributed by atoms with E-state index in [9.17, 15) is 9.59 Å². The highest BCUT2D eigenvalue weighted by atomic mass is 32.2. The minimum absolute atomic E-state index is 0.0179. The van der Waals surface area contributed by atoms with Crippen LogP contribution in [-0.2, 0) is 17.0 Å². The minimum atomic E-state index is -0.222. The molecular weight excluding hydrogens is 432 g/mol. The van der Waals surface area contributed by atoms with E-state index < -0.39 is 0 Å². The van der Waals surface area contributed by atoms with Crippen molar-refractivity contribution in [3.05, 3.63) is 86.8 Å². The third kappa shape index (κ3) is 5.66. The largest absolute Gasteiger partial charge is 0.368 e. The first-order valence-electron chi connectivity index (χ1n) is 11.3. The number of piperazine rings is 1. The van der Waals surface area contributed by atoms with E-state index in [0.717, 1.165) is 18.8 Å². The van der Waals surface area contributed by atoms with E-state index in [1.807, 2.05) is 42.2 Å². The Bertz CT molecular complexity index is 1180. The van der Waals surface area contributed by atoms with Crippen molar-refractivity contribution in [1.29, 1.82) is 0 Å². The highest BCUT2D eigenvalue weighted by Crippen LogP contribution is 2.23. The first-order valence-corrected chi connectivity index (χ1v) is 12.3. The van der Waals surface area contributed by atoms with Gasteiger partial charge in [0.05, 0.1) is 6.42 Å². The number of aromatic amines is 1. The molecule has 1 saturated heterocycles. The van der Waals surface area contributed by atoms with Crippen LogP contribution < -0.4 is 10.5 Å². The van der Waals surface area contributed by atoms with Crippen molar-refractivity contribution in [2.24, 2.45) is 0 Å². The average Bonchev–Trinajstić information content (AvgIpc) is 2.82. The standard InChI is InChI=1S/C26H30N4O2S/c1-18-9-10-19(2)23(15-18)29-11-13-30(14-12-29)24(31)16-22-20(3)27-26(28-25(22)32)33-17-21-7-5-4-6-8-21/h4-10,15H,11-14,16-17H2,1-3H3,(H,27,28,32). The number of hydrogen-bond acceptors (Lipinski definition) is 5. The van der Waals surface area contributed by atoms with Gasteiger partial charge in [0.1, 0.15) is 0 Å². The Morgan fingerprint density at radius 2 is 1.76 bits per heavy atom. The second-order valence-corrected chi connectivity index (χ2v) is 9.51. The molecule has 0 aliphatic carbocycles. The number of amides is 1. The van der Waals surface area contributed by atoms with E-state index in [1.165, 1.54) is 34.1 Å². The van der Waals surface area contributed by atoms with Crippen molar-refractivity contribution in [2.45, 2.75) is 38.1 Å². The van der Waals surface area contributed by atoms with E-state index in [4.69, 9.17) is 0 Å². The lowest BCUT2D eigenvalue weighted by Gasteiger charge is -2.37. The van der Waals surface area contributed by atoms with Gasteiger partial charge in [0.15, 0.2) is 5.16 Å². The van der Waals surface area contributed by atoms with Gasteiger partial charge < -0.3 is 14.8 Å². The van der Waals surface area contributed by atoms with Gasteiger partial charge >= 0.3 is 0 Å². The molecule has 0 unspecified atom stereocenters. The molecule has 1 aliphatic rings. The number of aryl methyl sites for hydroxylation is 3. The van der Waals surface area contributed by atoms with E-state index >= 15 is 0 Å². The number of nitrogens with zero attached hydrogens (tertiary/aromatic N) is 3. The molecule has 0 bridgehead atoms. The average molecular weight is 463 g/mol.